The topological polar surface area (TPSA) is 166 Å². The molecule has 2 amide bonds. The average molecular weight is 601 g/mol. The Kier molecular flexibility index (Phi) is 16.9. The van der Waals surface area contributed by atoms with Gasteiger partial charge in [-0.1, -0.05) is 26.8 Å². The normalized spacial score (nSPS) is 13.5. The molecule has 0 aliphatic carbocycles. The van der Waals surface area contributed by atoms with Crippen molar-refractivity contribution in [2.45, 2.75) is 79.4 Å². The van der Waals surface area contributed by atoms with E-state index in [4.69, 9.17) is 10.6 Å². The molecule has 0 atom stereocenters. The highest BCUT2D eigenvalue weighted by atomic mass is 19.1. The second kappa shape index (κ2) is 19.5. The molecule has 7 N–H and O–H groups in total. The molecule has 0 aromatic carbocycles. The average Bonchev–Trinajstić information content (AvgIpc) is 3.37. The van der Waals surface area contributed by atoms with Crippen molar-refractivity contribution in [1.82, 2.24) is 20.8 Å². The molecule has 0 spiro atoms. The van der Waals surface area contributed by atoms with Crippen molar-refractivity contribution in [3.05, 3.63) is 53.1 Å². The van der Waals surface area contributed by atoms with Crippen molar-refractivity contribution in [1.29, 1.82) is 0 Å². The van der Waals surface area contributed by atoms with E-state index in [0.717, 1.165) is 36.2 Å². The molecule has 0 unspecified atom stereocenters. The summed E-state index contributed by atoms with van der Waals surface area (Å²) in [5.74, 6) is 3.54. The number of amides is 2. The largest absolute Gasteiger partial charge is 0.488 e. The first-order valence-corrected chi connectivity index (χ1v) is 14.4. The van der Waals surface area contributed by atoms with E-state index in [1.165, 1.54) is 26.1 Å². The van der Waals surface area contributed by atoms with Crippen LogP contribution in [0.3, 0.4) is 0 Å². The van der Waals surface area contributed by atoms with Crippen LogP contribution in [0.1, 0.15) is 78.6 Å². The zero-order valence-electron chi connectivity index (χ0n) is 26.3. The van der Waals surface area contributed by atoms with Gasteiger partial charge in [0.1, 0.15) is 0 Å². The fourth-order valence-electron chi connectivity index (χ4n) is 3.77. The van der Waals surface area contributed by atoms with Gasteiger partial charge in [0, 0.05) is 61.5 Å². The molecular formula is C30H48BFN7O4. The minimum Gasteiger partial charge on any atom is -0.402 e. The van der Waals surface area contributed by atoms with Gasteiger partial charge in [0.05, 0.1) is 12.3 Å². The number of nitrogens with one attached hydrogen (secondary N) is 4. The summed E-state index contributed by atoms with van der Waals surface area (Å²) in [7, 11) is 0.426. The lowest BCUT2D eigenvalue weighted by atomic mass is 9.90. The standard InChI is InChI=1S/C30H48BFN7O4/c1-7-9-22(2)26(38-31-32)18-24-12-11-23(37-24)10-8-15-34-20-25(39-33)13-16-35-27(40)14-17-36-28(41)19-29(3,4)21-43-30(5,6)42/h9,11-12,14,17-18,20,37-38,42H,7-8,10,13,15-16,19,21,33H2,1-6H3,(H,35,40)(H,36,41)/b17-14+,22-9-,26-18-,34-20?,39-25?. The van der Waals surface area contributed by atoms with E-state index in [2.05, 4.69) is 30.9 Å². The smallest absolute Gasteiger partial charge is 0.402 e. The first-order valence-electron chi connectivity index (χ1n) is 14.4. The van der Waals surface area contributed by atoms with Gasteiger partial charge in [-0.3, -0.25) is 14.6 Å². The van der Waals surface area contributed by atoms with E-state index in [1.54, 1.807) is 6.21 Å². The molecule has 11 nitrogen and oxygen atoms in total. The molecule has 1 aromatic rings. The van der Waals surface area contributed by atoms with E-state index >= 15 is 0 Å². The second-order valence-corrected chi connectivity index (χ2v) is 11.3. The Hall–Kier alpha value is -3.71. The van der Waals surface area contributed by atoms with Crippen molar-refractivity contribution < 1.29 is 23.7 Å². The number of aryl methyl sites for hydroxylation is 1. The van der Waals surface area contributed by atoms with Gasteiger partial charge in [0.25, 0.3) is 0 Å². The van der Waals surface area contributed by atoms with E-state index in [9.17, 15) is 19.0 Å². The third-order valence-corrected chi connectivity index (χ3v) is 5.97. The summed E-state index contributed by atoms with van der Waals surface area (Å²) in [4.78, 5) is 31.9. The summed E-state index contributed by atoms with van der Waals surface area (Å²) in [5.41, 5.74) is 3.63. The van der Waals surface area contributed by atoms with Gasteiger partial charge < -0.3 is 40.8 Å². The molecule has 0 fully saturated rings. The maximum atomic E-state index is 12.7. The van der Waals surface area contributed by atoms with Crippen LogP contribution in [0.15, 0.2) is 51.8 Å². The van der Waals surface area contributed by atoms with Crippen molar-refractivity contribution in [2.75, 3.05) is 19.7 Å². The quantitative estimate of drug-likeness (QED) is 0.0196. The van der Waals surface area contributed by atoms with E-state index in [-0.39, 0.29) is 24.8 Å². The summed E-state index contributed by atoms with van der Waals surface area (Å²) in [6, 6.07) is 3.95. The van der Waals surface area contributed by atoms with Crippen LogP contribution >= 0.6 is 0 Å². The molecule has 0 saturated carbocycles. The number of allylic oxidation sites excluding steroid dienone is 2. The van der Waals surface area contributed by atoms with Crippen molar-refractivity contribution >= 4 is 37.5 Å². The number of hydrogen-bond acceptors (Lipinski definition) is 8. The predicted octanol–water partition coefficient (Wildman–Crippen LogP) is 3.42. The lowest BCUT2D eigenvalue weighted by Gasteiger charge is -2.28. The predicted molar refractivity (Wildman–Crippen MR) is 172 cm³/mol. The summed E-state index contributed by atoms with van der Waals surface area (Å²) in [5, 5.41) is 21.3. The van der Waals surface area contributed by atoms with E-state index in [1.807, 2.05) is 52.0 Å². The Morgan fingerprint density at radius 2 is 2.00 bits per heavy atom. The summed E-state index contributed by atoms with van der Waals surface area (Å²) >= 11 is 0. The van der Waals surface area contributed by atoms with Crippen molar-refractivity contribution in [2.24, 2.45) is 21.4 Å². The number of hydrogen-bond donors (Lipinski definition) is 6. The molecule has 237 valence electrons. The highest BCUT2D eigenvalue weighted by molar-refractivity contribution is 6.30. The lowest BCUT2D eigenvalue weighted by molar-refractivity contribution is -0.192. The van der Waals surface area contributed by atoms with Crippen LogP contribution in [0.25, 0.3) is 6.08 Å². The van der Waals surface area contributed by atoms with Gasteiger partial charge in [-0.15, -0.1) is 0 Å². The molecule has 13 heteroatoms. The Bertz CT molecular complexity index is 1170. The Labute approximate surface area is 255 Å². The SMILES string of the molecule is CC/C=C(C)\C(=C\c1ccc(CCCN=CC(CCNC(=O)/C=C/NC(=O)CC(C)(C)COC(C)(C)O)=NN)[nH]1)N[B]F. The van der Waals surface area contributed by atoms with Crippen molar-refractivity contribution in [3.63, 3.8) is 0 Å². The third-order valence-electron chi connectivity index (χ3n) is 5.97. The maximum absolute atomic E-state index is 12.7. The van der Waals surface area contributed by atoms with Gasteiger partial charge in [0.15, 0.2) is 5.79 Å². The van der Waals surface area contributed by atoms with Gasteiger partial charge in [0.2, 0.25) is 11.8 Å². The summed E-state index contributed by atoms with van der Waals surface area (Å²) in [6.45, 7) is 11.8. The number of carbonyl (C=O) groups excluding carboxylic acids is 2. The van der Waals surface area contributed by atoms with Crippen LogP contribution in [0.2, 0.25) is 0 Å². The highest BCUT2D eigenvalue weighted by Gasteiger charge is 2.25. The first kappa shape index (κ1) is 37.3. The number of hydrazone groups is 1. The number of halogens is 1. The minimum atomic E-state index is -1.27. The lowest BCUT2D eigenvalue weighted by Crippen LogP contribution is -2.33. The summed E-state index contributed by atoms with van der Waals surface area (Å²) in [6.07, 6.45) is 11.0. The van der Waals surface area contributed by atoms with E-state index in [0.29, 0.717) is 38.6 Å². The zero-order chi connectivity index (χ0) is 32.3. The number of rotatable bonds is 20. The molecule has 1 aromatic heterocycles. The molecule has 43 heavy (non-hydrogen) atoms. The summed E-state index contributed by atoms with van der Waals surface area (Å²) < 4.78 is 18.1. The number of aliphatic imine (C=N–C) groups is 1. The van der Waals surface area contributed by atoms with Gasteiger partial charge >= 0.3 is 7.69 Å². The van der Waals surface area contributed by atoms with Gasteiger partial charge in [-0.2, -0.15) is 5.10 Å². The fourth-order valence-corrected chi connectivity index (χ4v) is 3.77. The monoisotopic (exact) mass is 600 g/mol. The Balaban J connectivity index is 2.38. The number of carbonyl (C=O) groups is 2. The van der Waals surface area contributed by atoms with Gasteiger partial charge in [-0.25, -0.2) is 0 Å². The molecule has 0 saturated heterocycles. The highest BCUT2D eigenvalue weighted by Crippen LogP contribution is 2.22. The third kappa shape index (κ3) is 17.8. The van der Waals surface area contributed by atoms with Gasteiger partial charge in [-0.05, 0) is 69.2 Å². The first-order chi connectivity index (χ1) is 20.3. The van der Waals surface area contributed by atoms with Crippen LogP contribution in [-0.2, 0) is 20.7 Å². The maximum Gasteiger partial charge on any atom is 0.488 e. The molecule has 0 bridgehead atoms. The fraction of sp³-hybridized carbons (Fsp3) is 0.533. The van der Waals surface area contributed by atoms with Crippen LogP contribution in [0.5, 0.6) is 0 Å². The molecule has 1 radical (unpaired) electrons. The Morgan fingerprint density at radius 3 is 2.65 bits per heavy atom. The van der Waals surface area contributed by atoms with Crippen LogP contribution < -0.4 is 21.7 Å². The van der Waals surface area contributed by atoms with E-state index < -0.39 is 11.2 Å². The molecule has 0 aliphatic heterocycles. The van der Waals surface area contributed by atoms with Crippen LogP contribution in [0, 0.1) is 5.41 Å². The number of nitrogens with zero attached hydrogens (tertiary/aromatic N) is 2. The second-order valence-electron chi connectivity index (χ2n) is 11.3. The Morgan fingerprint density at radius 1 is 1.26 bits per heavy atom. The molecule has 0 aliphatic rings. The van der Waals surface area contributed by atoms with Crippen LogP contribution in [0.4, 0.5) is 4.32 Å². The number of aliphatic hydroxyl groups is 1. The number of nitrogens with two attached hydrogens (primary N) is 1. The zero-order valence-corrected chi connectivity index (χ0v) is 26.3. The minimum absolute atomic E-state index is 0.157. The number of aromatic amines is 1. The molecule has 1 rings (SSSR count). The number of ether oxygens (including phenoxy) is 1. The molecular weight excluding hydrogens is 552 g/mol. The number of H-pyrrole nitrogens is 1. The number of aromatic nitrogens is 1. The molecule has 1 heterocycles. The van der Waals surface area contributed by atoms with Crippen LogP contribution in [-0.4, -0.2) is 67.0 Å². The van der Waals surface area contributed by atoms with Crippen molar-refractivity contribution in [3.8, 4) is 0 Å².